The van der Waals surface area contributed by atoms with E-state index in [9.17, 15) is 37.5 Å². The zero-order valence-corrected chi connectivity index (χ0v) is 37.0. The SMILES string of the molecule is C=C(C)C(=O)OC1(CC)C2CC3CC(C2)CC1C3.C=C(C)C(=O)OC12CC3CC(CC(O)(C3)C1)C2.C=C(C)C(=O)OC1CCOC1=O.C=C(C)C(=O)OC1CCS(=O)(=O)C1. The quantitative estimate of drug-likeness (QED) is 0.148. The van der Waals surface area contributed by atoms with Gasteiger partial charge in [-0.1, -0.05) is 33.2 Å². The van der Waals surface area contributed by atoms with Crippen molar-refractivity contribution in [2.45, 2.75) is 154 Å². The van der Waals surface area contributed by atoms with Crippen molar-refractivity contribution in [3.63, 3.8) is 0 Å². The minimum absolute atomic E-state index is 0.0496. The third-order valence-electron chi connectivity index (χ3n) is 13.6. The summed E-state index contributed by atoms with van der Waals surface area (Å²) in [7, 11) is -2.97. The minimum atomic E-state index is -2.97. The molecule has 10 aliphatic rings. The minimum Gasteiger partial charge on any atom is -0.463 e. The number of sulfone groups is 1. The molecule has 2 heterocycles. The lowest BCUT2D eigenvalue weighted by atomic mass is 9.49. The van der Waals surface area contributed by atoms with Gasteiger partial charge in [-0.2, -0.15) is 0 Å². The summed E-state index contributed by atoms with van der Waals surface area (Å²) in [4.78, 5) is 56.4. The maximum atomic E-state index is 12.0. The van der Waals surface area contributed by atoms with E-state index in [4.69, 9.17) is 18.9 Å². The summed E-state index contributed by atoms with van der Waals surface area (Å²) in [6, 6.07) is 0. The summed E-state index contributed by atoms with van der Waals surface area (Å²) in [5.41, 5.74) is 0.445. The van der Waals surface area contributed by atoms with Crippen LogP contribution in [-0.2, 0) is 57.5 Å². The summed E-state index contributed by atoms with van der Waals surface area (Å²) in [5.74, 6) is 2.20. The van der Waals surface area contributed by atoms with Crippen molar-refractivity contribution in [1.82, 2.24) is 0 Å². The number of carbonyl (C=O) groups excluding carboxylic acids is 5. The Balaban J connectivity index is 0.000000154. The Morgan fingerprint density at radius 3 is 1.60 bits per heavy atom. The van der Waals surface area contributed by atoms with Crippen molar-refractivity contribution in [3.05, 3.63) is 48.6 Å². The molecule has 0 radical (unpaired) electrons. The van der Waals surface area contributed by atoms with Gasteiger partial charge in [0.25, 0.3) is 0 Å². The molecule has 4 atom stereocenters. The Kier molecular flexibility index (Phi) is 14.7. The molecule has 14 heteroatoms. The van der Waals surface area contributed by atoms with E-state index in [-0.39, 0.29) is 34.6 Å². The summed E-state index contributed by atoms with van der Waals surface area (Å²) >= 11 is 0. The van der Waals surface area contributed by atoms with Crippen molar-refractivity contribution in [1.29, 1.82) is 0 Å². The van der Waals surface area contributed by atoms with Crippen LogP contribution in [0.25, 0.3) is 0 Å². The number of cyclic esters (lactones) is 1. The van der Waals surface area contributed by atoms with Crippen LogP contribution >= 0.6 is 0 Å². The molecule has 8 saturated carbocycles. The van der Waals surface area contributed by atoms with Crippen molar-refractivity contribution < 1.29 is 61.2 Å². The zero-order valence-electron chi connectivity index (χ0n) is 36.2. The third kappa shape index (κ3) is 11.4. The van der Waals surface area contributed by atoms with Crippen LogP contribution in [0.3, 0.4) is 0 Å². The molecular weight excluding hydrogens is 793 g/mol. The van der Waals surface area contributed by atoms with Gasteiger partial charge < -0.3 is 28.8 Å². The Hall–Kier alpha value is -3.78. The van der Waals surface area contributed by atoms with E-state index in [2.05, 4.69) is 38.0 Å². The molecule has 60 heavy (non-hydrogen) atoms. The number of esters is 5. The normalized spacial score (nSPS) is 36.7. The van der Waals surface area contributed by atoms with Gasteiger partial charge in [-0.15, -0.1) is 0 Å². The second kappa shape index (κ2) is 18.7. The highest BCUT2D eigenvalue weighted by Gasteiger charge is 2.60. The topological polar surface area (TPSA) is 186 Å². The van der Waals surface area contributed by atoms with Crippen LogP contribution in [-0.4, -0.2) is 90.5 Å². The number of hydrogen-bond donors (Lipinski definition) is 1. The Morgan fingerprint density at radius 2 is 1.18 bits per heavy atom. The first-order valence-corrected chi connectivity index (χ1v) is 23.4. The highest BCUT2D eigenvalue weighted by molar-refractivity contribution is 7.91. The third-order valence-corrected chi connectivity index (χ3v) is 15.4. The van der Waals surface area contributed by atoms with Gasteiger partial charge >= 0.3 is 29.8 Å². The number of rotatable bonds is 9. The molecule has 8 bridgehead atoms. The molecule has 8 aliphatic carbocycles. The van der Waals surface area contributed by atoms with Crippen LogP contribution in [0.1, 0.15) is 125 Å². The molecule has 0 aromatic carbocycles. The van der Waals surface area contributed by atoms with Crippen LogP contribution < -0.4 is 0 Å². The molecule has 2 saturated heterocycles. The van der Waals surface area contributed by atoms with E-state index in [1.165, 1.54) is 52.4 Å². The van der Waals surface area contributed by atoms with E-state index in [0.717, 1.165) is 43.9 Å². The molecule has 0 spiro atoms. The highest BCUT2D eigenvalue weighted by atomic mass is 32.2. The van der Waals surface area contributed by atoms with E-state index in [1.807, 2.05) is 0 Å². The Morgan fingerprint density at radius 1 is 0.700 bits per heavy atom. The van der Waals surface area contributed by atoms with Gasteiger partial charge in [-0.3, -0.25) is 0 Å². The number of hydrogen-bond acceptors (Lipinski definition) is 13. The predicted octanol–water partition coefficient (Wildman–Crippen LogP) is 6.61. The standard InChI is InChI=1S/C16H24O2.C14H20O3.C8H12O4S.C8H10O4/c1-4-16(18-15(17)10(2)3)13-6-11-5-12(8-13)9-14(16)7-11;1-9(2)12(15)17-14-6-10-3-11(7-14)5-13(16,4-10)8-14;1-6(2)8(9)12-7-3-4-13(10,11)5-7;1-5(2)7(9)12-6-3-4-11-8(6)10/h11-14H,2,4-9H2,1,3H3;10-11,16H,1,3-8H2,2H3;7H,1,3-5H2,2H3;6H,1,3-4H2,2H3. The lowest BCUT2D eigenvalue weighted by Crippen LogP contribution is -2.60. The number of ether oxygens (including phenoxy) is 5. The first-order valence-electron chi connectivity index (χ1n) is 21.6. The fourth-order valence-corrected chi connectivity index (χ4v) is 13.1. The van der Waals surface area contributed by atoms with E-state index in [0.29, 0.717) is 66.3 Å². The maximum absolute atomic E-state index is 12.0. The fourth-order valence-electron chi connectivity index (χ4n) is 11.5. The average Bonchev–Trinajstić information content (AvgIpc) is 3.71. The predicted molar refractivity (Wildman–Crippen MR) is 222 cm³/mol. The van der Waals surface area contributed by atoms with Gasteiger partial charge in [0.15, 0.2) is 9.84 Å². The second-order valence-corrected chi connectivity index (χ2v) is 21.4. The number of aliphatic hydroxyl groups is 1. The van der Waals surface area contributed by atoms with Crippen molar-refractivity contribution in [2.24, 2.45) is 35.5 Å². The Bertz CT molecular complexity index is 1820. The molecule has 334 valence electrons. The second-order valence-electron chi connectivity index (χ2n) is 19.2. The first-order chi connectivity index (χ1) is 28.0. The van der Waals surface area contributed by atoms with Gasteiger partial charge in [0, 0.05) is 35.1 Å². The summed E-state index contributed by atoms with van der Waals surface area (Å²) < 4.78 is 47.9. The first kappa shape index (κ1) is 47.3. The highest BCUT2D eigenvalue weighted by Crippen LogP contribution is 2.61. The molecule has 10 fully saturated rings. The lowest BCUT2D eigenvalue weighted by molar-refractivity contribution is -0.217. The smallest absolute Gasteiger partial charge is 0.347 e. The van der Waals surface area contributed by atoms with Gasteiger partial charge in [-0.05, 0) is 140 Å². The number of carbonyl (C=O) groups is 5. The summed E-state index contributed by atoms with van der Waals surface area (Å²) in [5, 5.41) is 10.5. The molecule has 0 aromatic rings. The van der Waals surface area contributed by atoms with Gasteiger partial charge in [0.05, 0.1) is 23.7 Å². The Labute approximate surface area is 355 Å². The van der Waals surface area contributed by atoms with E-state index >= 15 is 0 Å². The summed E-state index contributed by atoms with van der Waals surface area (Å²) in [6.45, 7) is 23.2. The van der Waals surface area contributed by atoms with Crippen LogP contribution in [0.2, 0.25) is 0 Å². The van der Waals surface area contributed by atoms with Crippen LogP contribution in [0.4, 0.5) is 0 Å². The molecular formula is C46H66O13S. The fraction of sp³-hybridized carbons (Fsp3) is 0.717. The van der Waals surface area contributed by atoms with Gasteiger partial charge in [0.2, 0.25) is 6.10 Å². The van der Waals surface area contributed by atoms with Crippen LogP contribution in [0.15, 0.2) is 48.6 Å². The molecule has 0 amide bonds. The van der Waals surface area contributed by atoms with Crippen molar-refractivity contribution >= 4 is 39.7 Å². The van der Waals surface area contributed by atoms with Gasteiger partial charge in [0.1, 0.15) is 17.3 Å². The van der Waals surface area contributed by atoms with E-state index < -0.39 is 51.2 Å². The molecule has 1 N–H and O–H groups in total. The largest absolute Gasteiger partial charge is 0.463 e. The average molecular weight is 859 g/mol. The monoisotopic (exact) mass is 858 g/mol. The zero-order chi connectivity index (χ0) is 44.4. The maximum Gasteiger partial charge on any atom is 0.347 e. The molecule has 13 nitrogen and oxygen atoms in total. The van der Waals surface area contributed by atoms with Gasteiger partial charge in [-0.25, -0.2) is 32.4 Å². The summed E-state index contributed by atoms with van der Waals surface area (Å²) in [6.07, 6.45) is 12.7. The molecule has 4 unspecified atom stereocenters. The molecule has 0 aromatic heterocycles. The van der Waals surface area contributed by atoms with Crippen molar-refractivity contribution in [3.8, 4) is 0 Å². The molecule has 10 rings (SSSR count). The van der Waals surface area contributed by atoms with Crippen molar-refractivity contribution in [2.75, 3.05) is 18.1 Å². The van der Waals surface area contributed by atoms with E-state index in [1.54, 1.807) is 13.8 Å². The molecule has 2 aliphatic heterocycles. The lowest BCUT2D eigenvalue weighted by Gasteiger charge is -2.60. The van der Waals surface area contributed by atoms with Crippen LogP contribution in [0.5, 0.6) is 0 Å². The van der Waals surface area contributed by atoms with Crippen LogP contribution in [0, 0.1) is 35.5 Å².